The Bertz CT molecular complexity index is 515. The maximum atomic E-state index is 11.8. The fourth-order valence-corrected chi connectivity index (χ4v) is 3.35. The third kappa shape index (κ3) is 3.67. The second-order valence-corrected chi connectivity index (χ2v) is 6.03. The van der Waals surface area contributed by atoms with E-state index in [2.05, 4.69) is 19.9 Å². The molecule has 0 radical (unpaired) electrons. The highest BCUT2D eigenvalue weighted by molar-refractivity contribution is 7.91. The number of nitrogens with one attached hydrogen (secondary N) is 1. The summed E-state index contributed by atoms with van der Waals surface area (Å²) in [5.41, 5.74) is 0. The van der Waals surface area contributed by atoms with E-state index >= 15 is 0 Å². The van der Waals surface area contributed by atoms with Crippen LogP contribution in [-0.2, 0) is 14.8 Å². The molecule has 7 nitrogen and oxygen atoms in total. The maximum Gasteiger partial charge on any atom is 0.270 e. The normalized spacial score (nSPS) is 11.5. The van der Waals surface area contributed by atoms with Crippen LogP contribution in [0.5, 0.6) is 0 Å². The van der Waals surface area contributed by atoms with Crippen LogP contribution < -0.4 is 4.72 Å². The molecule has 1 N–H and O–H groups in total. The Balaban J connectivity index is 2.92. The minimum absolute atomic E-state index is 0.0232. The molecular formula is C8H12N4O3S2. The number of aliphatic imine (C=N–C) groups is 1. The number of sulfonamides is 1. The third-order valence-corrected chi connectivity index (χ3v) is 4.78. The number of aromatic nitrogens is 2. The molecule has 0 bridgehead atoms. The molecular weight excluding hydrogens is 264 g/mol. The van der Waals surface area contributed by atoms with E-state index in [0.29, 0.717) is 12.8 Å². The second kappa shape index (κ2) is 5.97. The molecule has 94 valence electrons. The molecule has 0 spiro atoms. The molecule has 1 aromatic rings. The first-order valence-electron chi connectivity index (χ1n) is 4.97. The van der Waals surface area contributed by atoms with Crippen molar-refractivity contribution in [1.29, 1.82) is 0 Å². The van der Waals surface area contributed by atoms with Gasteiger partial charge in [0.1, 0.15) is 0 Å². The summed E-state index contributed by atoms with van der Waals surface area (Å²) in [4.78, 5) is 13.2. The van der Waals surface area contributed by atoms with Crippen molar-refractivity contribution >= 4 is 32.6 Å². The molecule has 0 aliphatic carbocycles. The molecule has 0 saturated carbocycles. The summed E-state index contributed by atoms with van der Waals surface area (Å²) in [7, 11) is -3.68. The molecule has 0 fully saturated rings. The van der Waals surface area contributed by atoms with Crippen LogP contribution in [0.4, 0.5) is 5.13 Å². The lowest BCUT2D eigenvalue weighted by molar-refractivity contribution is 0.529. The summed E-state index contributed by atoms with van der Waals surface area (Å²) < 4.78 is 26.0. The van der Waals surface area contributed by atoms with E-state index in [4.69, 9.17) is 0 Å². The lowest BCUT2D eigenvalue weighted by Crippen LogP contribution is -2.33. The van der Waals surface area contributed by atoms with Gasteiger partial charge in [0.15, 0.2) is 0 Å². The van der Waals surface area contributed by atoms with Crippen molar-refractivity contribution in [2.24, 2.45) is 4.99 Å². The van der Waals surface area contributed by atoms with E-state index in [0.717, 1.165) is 11.3 Å². The average Bonchev–Trinajstić information content (AvgIpc) is 2.76. The van der Waals surface area contributed by atoms with E-state index in [1.807, 2.05) is 13.8 Å². The Hall–Kier alpha value is -1.15. The molecule has 17 heavy (non-hydrogen) atoms. The molecule has 0 saturated heterocycles. The Morgan fingerprint density at radius 3 is 2.59 bits per heavy atom. The molecule has 0 aliphatic rings. The fourth-order valence-electron chi connectivity index (χ4n) is 1.12. The van der Waals surface area contributed by atoms with E-state index in [9.17, 15) is 13.2 Å². The van der Waals surface area contributed by atoms with Crippen LogP contribution in [0.2, 0.25) is 0 Å². The van der Waals surface area contributed by atoms with Gasteiger partial charge < -0.3 is 0 Å². The predicted molar refractivity (Wildman–Crippen MR) is 62.4 cm³/mol. The van der Waals surface area contributed by atoms with Gasteiger partial charge in [0, 0.05) is 6.04 Å². The Kier molecular flexibility index (Phi) is 4.88. The van der Waals surface area contributed by atoms with E-state index < -0.39 is 10.0 Å². The number of hydrogen-bond donors (Lipinski definition) is 1. The first-order valence-corrected chi connectivity index (χ1v) is 7.27. The second-order valence-electron chi connectivity index (χ2n) is 3.19. The molecule has 1 aromatic heterocycles. The lowest BCUT2D eigenvalue weighted by atomic mass is 10.2. The van der Waals surface area contributed by atoms with Gasteiger partial charge in [-0.1, -0.05) is 25.2 Å². The Labute approximate surface area is 103 Å². The van der Waals surface area contributed by atoms with E-state index in [1.54, 1.807) is 0 Å². The average molecular weight is 276 g/mol. The quantitative estimate of drug-likeness (QED) is 0.616. The van der Waals surface area contributed by atoms with Gasteiger partial charge >= 0.3 is 0 Å². The van der Waals surface area contributed by atoms with Gasteiger partial charge in [0.2, 0.25) is 15.6 Å². The number of isocyanates is 1. The summed E-state index contributed by atoms with van der Waals surface area (Å²) in [6, 6.07) is -0.137. The summed E-state index contributed by atoms with van der Waals surface area (Å²) in [6.07, 6.45) is 2.66. The van der Waals surface area contributed by atoms with Crippen LogP contribution >= 0.6 is 11.3 Å². The van der Waals surface area contributed by atoms with Crippen molar-refractivity contribution in [2.45, 2.75) is 37.1 Å². The minimum atomic E-state index is -3.68. The van der Waals surface area contributed by atoms with Crippen LogP contribution in [0.3, 0.4) is 0 Å². The highest BCUT2D eigenvalue weighted by atomic mass is 32.2. The third-order valence-electron chi connectivity index (χ3n) is 2.07. The van der Waals surface area contributed by atoms with Crippen LogP contribution in [0.25, 0.3) is 0 Å². The summed E-state index contributed by atoms with van der Waals surface area (Å²) >= 11 is 0.726. The van der Waals surface area contributed by atoms with E-state index in [1.165, 1.54) is 6.08 Å². The SMILES string of the molecule is CCC(CC)NS(=O)(=O)c1nnc(N=C=O)s1. The first-order chi connectivity index (χ1) is 8.03. The lowest BCUT2D eigenvalue weighted by Gasteiger charge is -2.12. The van der Waals surface area contributed by atoms with Gasteiger partial charge in [-0.05, 0) is 12.8 Å². The number of hydrogen-bond acceptors (Lipinski definition) is 7. The zero-order chi connectivity index (χ0) is 12.9. The summed E-state index contributed by atoms with van der Waals surface area (Å²) in [5.74, 6) is 0. The molecule has 9 heteroatoms. The Morgan fingerprint density at radius 1 is 1.41 bits per heavy atom. The van der Waals surface area contributed by atoms with Gasteiger partial charge in [0.05, 0.1) is 0 Å². The zero-order valence-electron chi connectivity index (χ0n) is 9.37. The molecule has 0 unspecified atom stereocenters. The van der Waals surface area contributed by atoms with Crippen molar-refractivity contribution in [3.05, 3.63) is 0 Å². The van der Waals surface area contributed by atoms with Gasteiger partial charge in [0.25, 0.3) is 10.0 Å². The molecule has 0 atom stereocenters. The van der Waals surface area contributed by atoms with Crippen LogP contribution in [0.15, 0.2) is 9.33 Å². The largest absolute Gasteiger partial charge is 0.270 e. The van der Waals surface area contributed by atoms with Gasteiger partial charge in [-0.25, -0.2) is 17.9 Å². The van der Waals surface area contributed by atoms with E-state index in [-0.39, 0.29) is 15.5 Å². The van der Waals surface area contributed by atoms with Crippen LogP contribution in [0, 0.1) is 0 Å². The molecule has 0 amide bonds. The fraction of sp³-hybridized carbons (Fsp3) is 0.625. The van der Waals surface area contributed by atoms with Crippen LogP contribution in [-0.4, -0.2) is 30.7 Å². The highest BCUT2D eigenvalue weighted by Gasteiger charge is 2.22. The van der Waals surface area contributed by atoms with Gasteiger partial charge in [-0.2, -0.15) is 0 Å². The predicted octanol–water partition coefficient (Wildman–Crippen LogP) is 0.972. The van der Waals surface area contributed by atoms with Crippen LogP contribution in [0.1, 0.15) is 26.7 Å². The monoisotopic (exact) mass is 276 g/mol. The van der Waals surface area contributed by atoms with Crippen molar-refractivity contribution in [1.82, 2.24) is 14.9 Å². The number of carbonyl (C=O) groups excluding carboxylic acids is 1. The zero-order valence-corrected chi connectivity index (χ0v) is 11.0. The van der Waals surface area contributed by atoms with Crippen molar-refractivity contribution in [3.8, 4) is 0 Å². The van der Waals surface area contributed by atoms with Gasteiger partial charge in [-0.15, -0.1) is 15.2 Å². The summed E-state index contributed by atoms with van der Waals surface area (Å²) in [5, 5.41) is 6.90. The van der Waals surface area contributed by atoms with Crippen molar-refractivity contribution in [3.63, 3.8) is 0 Å². The Morgan fingerprint density at radius 2 is 2.06 bits per heavy atom. The number of nitrogens with zero attached hydrogens (tertiary/aromatic N) is 3. The summed E-state index contributed by atoms with van der Waals surface area (Å²) in [6.45, 7) is 3.78. The topological polar surface area (TPSA) is 101 Å². The van der Waals surface area contributed by atoms with Crippen molar-refractivity contribution < 1.29 is 13.2 Å². The molecule has 1 rings (SSSR count). The minimum Gasteiger partial charge on any atom is -0.211 e. The first kappa shape index (κ1) is 13.9. The van der Waals surface area contributed by atoms with Gasteiger partial charge in [-0.3, -0.25) is 0 Å². The molecule has 0 aromatic carbocycles. The molecule has 0 aliphatic heterocycles. The standard InChI is InChI=1S/C8H12N4O3S2/c1-3-6(4-2)12-17(14,15)8-11-10-7(16-8)9-5-13/h6,12H,3-4H2,1-2H3. The maximum absolute atomic E-state index is 11.8. The number of rotatable bonds is 6. The van der Waals surface area contributed by atoms with Crippen molar-refractivity contribution in [2.75, 3.05) is 0 Å². The highest BCUT2D eigenvalue weighted by Crippen LogP contribution is 2.22. The smallest absolute Gasteiger partial charge is 0.211 e. The molecule has 1 heterocycles.